The molecule has 0 unspecified atom stereocenters. The highest BCUT2D eigenvalue weighted by Crippen LogP contribution is 2.19. The maximum Gasteiger partial charge on any atom is 0.255 e. The summed E-state index contributed by atoms with van der Waals surface area (Å²) in [6.07, 6.45) is 1.61. The average molecular weight is 362 g/mol. The Morgan fingerprint density at radius 3 is 2.73 bits per heavy atom. The largest absolute Gasteiger partial charge is 0.378 e. The minimum Gasteiger partial charge on any atom is -0.378 e. The van der Waals surface area contributed by atoms with Gasteiger partial charge in [0.2, 0.25) is 0 Å². The molecule has 2 aromatic rings. The zero-order valence-corrected chi connectivity index (χ0v) is 13.5. The molecule has 6 heteroatoms. The van der Waals surface area contributed by atoms with Gasteiger partial charge in [-0.3, -0.25) is 4.79 Å². The molecule has 22 heavy (non-hydrogen) atoms. The van der Waals surface area contributed by atoms with Crippen LogP contribution in [0.15, 0.2) is 47.1 Å². The van der Waals surface area contributed by atoms with E-state index in [-0.39, 0.29) is 5.91 Å². The van der Waals surface area contributed by atoms with Gasteiger partial charge in [-0.05, 0) is 30.3 Å². The number of benzene rings is 1. The molecule has 0 bridgehead atoms. The second kappa shape index (κ2) is 6.89. The van der Waals surface area contributed by atoms with Gasteiger partial charge < -0.3 is 15.0 Å². The minimum absolute atomic E-state index is 0.00445. The second-order valence-electron chi connectivity index (χ2n) is 4.97. The fraction of sp³-hybridized carbons (Fsp3) is 0.250. The molecule has 1 aromatic heterocycles. The van der Waals surface area contributed by atoms with E-state index in [1.165, 1.54) is 0 Å². The lowest BCUT2D eigenvalue weighted by molar-refractivity contribution is 0.0302. The lowest BCUT2D eigenvalue weighted by Gasteiger charge is -2.26. The Labute approximate surface area is 137 Å². The number of ether oxygens (including phenoxy) is 1. The van der Waals surface area contributed by atoms with Crippen molar-refractivity contribution in [3.63, 3.8) is 0 Å². The molecule has 0 saturated carbocycles. The topological polar surface area (TPSA) is 54.5 Å². The Balaban J connectivity index is 1.68. The molecule has 3 rings (SSSR count). The standard InChI is InChI=1S/C16H16BrN3O2/c17-13-2-1-3-14(10-13)19-15-5-4-12(11-18-15)16(21)20-6-8-22-9-7-20/h1-5,10-11H,6-9H2,(H,18,19). The van der Waals surface area contributed by atoms with Gasteiger partial charge in [0.25, 0.3) is 5.91 Å². The van der Waals surface area contributed by atoms with E-state index in [9.17, 15) is 4.79 Å². The number of aromatic nitrogens is 1. The van der Waals surface area contributed by atoms with Crippen molar-refractivity contribution in [1.82, 2.24) is 9.88 Å². The number of carbonyl (C=O) groups excluding carboxylic acids is 1. The highest BCUT2D eigenvalue weighted by Gasteiger charge is 2.18. The number of anilines is 2. The summed E-state index contributed by atoms with van der Waals surface area (Å²) >= 11 is 3.43. The van der Waals surface area contributed by atoms with Gasteiger partial charge in [-0.15, -0.1) is 0 Å². The van der Waals surface area contributed by atoms with Crippen LogP contribution in [0.4, 0.5) is 11.5 Å². The van der Waals surface area contributed by atoms with E-state index < -0.39 is 0 Å². The van der Waals surface area contributed by atoms with E-state index in [1.54, 1.807) is 17.2 Å². The number of nitrogens with one attached hydrogen (secondary N) is 1. The zero-order chi connectivity index (χ0) is 15.4. The normalized spacial score (nSPS) is 14.7. The van der Waals surface area contributed by atoms with E-state index in [0.717, 1.165) is 10.2 Å². The van der Waals surface area contributed by atoms with Crippen LogP contribution in [0, 0.1) is 0 Å². The van der Waals surface area contributed by atoms with Crippen molar-refractivity contribution in [3.8, 4) is 0 Å². The molecule has 0 spiro atoms. The minimum atomic E-state index is 0.00445. The van der Waals surface area contributed by atoms with Crippen LogP contribution < -0.4 is 5.32 Å². The molecule has 5 nitrogen and oxygen atoms in total. The first-order valence-electron chi connectivity index (χ1n) is 7.08. The number of hydrogen-bond acceptors (Lipinski definition) is 4. The van der Waals surface area contributed by atoms with E-state index in [1.807, 2.05) is 30.3 Å². The third-order valence-corrected chi connectivity index (χ3v) is 3.90. The van der Waals surface area contributed by atoms with Crippen LogP contribution in [0.3, 0.4) is 0 Å². The van der Waals surface area contributed by atoms with Crippen LogP contribution in [0.25, 0.3) is 0 Å². The maximum atomic E-state index is 12.3. The molecule has 1 saturated heterocycles. The van der Waals surface area contributed by atoms with Gasteiger partial charge >= 0.3 is 0 Å². The Kier molecular flexibility index (Phi) is 4.70. The molecule has 1 fully saturated rings. The first-order chi connectivity index (χ1) is 10.7. The number of pyridine rings is 1. The maximum absolute atomic E-state index is 12.3. The molecule has 1 amide bonds. The van der Waals surface area contributed by atoms with Crippen LogP contribution in [0.2, 0.25) is 0 Å². The molecule has 0 radical (unpaired) electrons. The van der Waals surface area contributed by atoms with E-state index >= 15 is 0 Å². The van der Waals surface area contributed by atoms with Crippen LogP contribution >= 0.6 is 15.9 Å². The summed E-state index contributed by atoms with van der Waals surface area (Å²) in [7, 11) is 0. The monoisotopic (exact) mass is 361 g/mol. The summed E-state index contributed by atoms with van der Waals surface area (Å²) in [4.78, 5) is 18.4. The number of amides is 1. The van der Waals surface area contributed by atoms with Crippen LogP contribution in [-0.2, 0) is 4.74 Å². The predicted molar refractivity (Wildman–Crippen MR) is 88.4 cm³/mol. The lowest BCUT2D eigenvalue weighted by Crippen LogP contribution is -2.40. The number of morpholine rings is 1. The first-order valence-corrected chi connectivity index (χ1v) is 7.87. The first kappa shape index (κ1) is 15.0. The Morgan fingerprint density at radius 1 is 1.23 bits per heavy atom. The molecule has 114 valence electrons. The molecule has 2 heterocycles. The van der Waals surface area contributed by atoms with E-state index in [4.69, 9.17) is 4.74 Å². The summed E-state index contributed by atoms with van der Waals surface area (Å²) in [5, 5.41) is 3.20. The Bertz CT molecular complexity index is 655. The quantitative estimate of drug-likeness (QED) is 0.912. The number of nitrogens with zero attached hydrogens (tertiary/aromatic N) is 2. The van der Waals surface area contributed by atoms with Crippen LogP contribution in [-0.4, -0.2) is 42.1 Å². The SMILES string of the molecule is O=C(c1ccc(Nc2cccc(Br)c2)nc1)N1CCOCC1. The van der Waals surface area contributed by atoms with E-state index in [0.29, 0.717) is 37.7 Å². The second-order valence-corrected chi connectivity index (χ2v) is 5.89. The van der Waals surface area contributed by atoms with Crippen molar-refractivity contribution in [2.45, 2.75) is 0 Å². The highest BCUT2D eigenvalue weighted by molar-refractivity contribution is 9.10. The van der Waals surface area contributed by atoms with Crippen molar-refractivity contribution in [2.75, 3.05) is 31.6 Å². The number of carbonyl (C=O) groups is 1. The Morgan fingerprint density at radius 2 is 2.05 bits per heavy atom. The molecular weight excluding hydrogens is 346 g/mol. The lowest BCUT2D eigenvalue weighted by atomic mass is 10.2. The predicted octanol–water partition coefficient (Wildman–Crippen LogP) is 3.06. The summed E-state index contributed by atoms with van der Waals surface area (Å²) < 4.78 is 6.25. The fourth-order valence-corrected chi connectivity index (χ4v) is 2.66. The van der Waals surface area contributed by atoms with Gasteiger partial charge in [-0.25, -0.2) is 4.98 Å². The van der Waals surface area contributed by atoms with Crippen LogP contribution in [0.5, 0.6) is 0 Å². The number of halogens is 1. The van der Waals surface area contributed by atoms with Gasteiger partial charge in [0.1, 0.15) is 5.82 Å². The van der Waals surface area contributed by atoms with Gasteiger partial charge in [0.05, 0.1) is 18.8 Å². The molecule has 0 atom stereocenters. The van der Waals surface area contributed by atoms with E-state index in [2.05, 4.69) is 26.2 Å². The van der Waals surface area contributed by atoms with Crippen molar-refractivity contribution in [3.05, 3.63) is 52.6 Å². The van der Waals surface area contributed by atoms with Gasteiger partial charge in [-0.1, -0.05) is 22.0 Å². The summed E-state index contributed by atoms with van der Waals surface area (Å²) in [5.41, 5.74) is 1.54. The molecule has 1 aliphatic heterocycles. The molecular formula is C16H16BrN3O2. The van der Waals surface area contributed by atoms with Crippen LogP contribution in [0.1, 0.15) is 10.4 Å². The summed E-state index contributed by atoms with van der Waals surface area (Å²) in [6.45, 7) is 2.47. The summed E-state index contributed by atoms with van der Waals surface area (Å²) in [6, 6.07) is 11.4. The third kappa shape index (κ3) is 3.64. The van der Waals surface area contributed by atoms with Gasteiger partial charge in [0.15, 0.2) is 0 Å². The molecule has 0 aliphatic carbocycles. The van der Waals surface area contributed by atoms with Crippen molar-refractivity contribution >= 4 is 33.3 Å². The molecule has 1 aromatic carbocycles. The van der Waals surface area contributed by atoms with Gasteiger partial charge in [-0.2, -0.15) is 0 Å². The Hall–Kier alpha value is -1.92. The molecule has 1 aliphatic rings. The number of hydrogen-bond donors (Lipinski definition) is 1. The smallest absolute Gasteiger partial charge is 0.255 e. The number of rotatable bonds is 3. The van der Waals surface area contributed by atoms with Crippen molar-refractivity contribution in [1.29, 1.82) is 0 Å². The molecule has 1 N–H and O–H groups in total. The highest BCUT2D eigenvalue weighted by atomic mass is 79.9. The fourth-order valence-electron chi connectivity index (χ4n) is 2.26. The summed E-state index contributed by atoms with van der Waals surface area (Å²) in [5.74, 6) is 0.710. The van der Waals surface area contributed by atoms with Crippen molar-refractivity contribution < 1.29 is 9.53 Å². The average Bonchev–Trinajstić information content (AvgIpc) is 2.56. The van der Waals surface area contributed by atoms with Crippen molar-refractivity contribution in [2.24, 2.45) is 0 Å². The zero-order valence-electron chi connectivity index (χ0n) is 12.0. The van der Waals surface area contributed by atoms with Gasteiger partial charge in [0, 0.05) is 29.4 Å². The third-order valence-electron chi connectivity index (χ3n) is 3.41.